The monoisotopic (exact) mass is 403 g/mol. The molecule has 2 N–H and O–H groups in total. The van der Waals surface area contributed by atoms with Gasteiger partial charge in [0.05, 0.1) is 17.7 Å². The van der Waals surface area contributed by atoms with Gasteiger partial charge in [-0.3, -0.25) is 14.0 Å². The summed E-state index contributed by atoms with van der Waals surface area (Å²) >= 11 is 1.16. The summed E-state index contributed by atoms with van der Waals surface area (Å²) in [6, 6.07) is 3.21. The zero-order chi connectivity index (χ0) is 19.4. The van der Waals surface area contributed by atoms with Gasteiger partial charge in [0, 0.05) is 24.5 Å². The highest BCUT2D eigenvalue weighted by atomic mass is 32.1. The molecule has 2 aliphatic rings. The average Bonchev–Trinajstić information content (AvgIpc) is 3.45. The maximum atomic E-state index is 15.0. The lowest BCUT2D eigenvalue weighted by Gasteiger charge is -2.31. The number of amidine groups is 1. The number of anilines is 1. The largest absolute Gasteiger partial charge is 0.398 e. The first-order valence-corrected chi connectivity index (χ1v) is 9.88. The minimum absolute atomic E-state index is 0.119. The van der Waals surface area contributed by atoms with Crippen LogP contribution in [-0.2, 0) is 4.84 Å². The van der Waals surface area contributed by atoms with E-state index in [2.05, 4.69) is 14.8 Å². The van der Waals surface area contributed by atoms with Gasteiger partial charge in [0.2, 0.25) is 5.43 Å². The number of halogens is 1. The Bertz CT molecular complexity index is 1240. The zero-order valence-corrected chi connectivity index (χ0v) is 15.9. The number of aromatic amines is 1. The van der Waals surface area contributed by atoms with Gasteiger partial charge >= 0.3 is 0 Å². The number of nitrogens with one attached hydrogen (secondary N) is 2. The van der Waals surface area contributed by atoms with Crippen molar-refractivity contribution in [1.29, 1.82) is 0 Å². The second-order valence-electron chi connectivity index (χ2n) is 7.03. The Kier molecular flexibility index (Phi) is 3.90. The molecule has 3 heterocycles. The Morgan fingerprint density at radius 3 is 2.89 bits per heavy atom. The molecule has 1 saturated carbocycles. The van der Waals surface area contributed by atoms with Crippen molar-refractivity contribution in [2.24, 2.45) is 5.16 Å². The van der Waals surface area contributed by atoms with Crippen LogP contribution in [0.4, 0.5) is 10.1 Å². The predicted octanol–water partition coefficient (Wildman–Crippen LogP) is 1.75. The van der Waals surface area contributed by atoms with Crippen LogP contribution in [0.1, 0.15) is 18.9 Å². The molecule has 0 unspecified atom stereocenters. The topological polar surface area (TPSA) is 91.7 Å². The molecule has 2 aromatic heterocycles. The molecule has 0 bridgehead atoms. The molecule has 10 heteroatoms. The molecule has 5 rings (SSSR count). The number of nitrogens with zero attached hydrogens (tertiary/aromatic N) is 3. The zero-order valence-electron chi connectivity index (χ0n) is 15.1. The van der Waals surface area contributed by atoms with Crippen LogP contribution in [-0.4, -0.2) is 41.5 Å². The molecule has 146 valence electrons. The number of oxime groups is 1. The number of hydrogen-bond donors (Lipinski definition) is 2. The first kappa shape index (κ1) is 17.2. The molecular formula is C18H18FN5O3S. The van der Waals surface area contributed by atoms with Crippen LogP contribution in [0, 0.1) is 5.82 Å². The van der Waals surface area contributed by atoms with Gasteiger partial charge in [-0.1, -0.05) is 5.16 Å². The summed E-state index contributed by atoms with van der Waals surface area (Å²) in [5.41, 5.74) is 0.245. The Morgan fingerprint density at radius 2 is 2.14 bits per heavy atom. The molecule has 28 heavy (non-hydrogen) atoms. The van der Waals surface area contributed by atoms with Crippen molar-refractivity contribution in [3.63, 3.8) is 0 Å². The normalized spacial score (nSPS) is 18.8. The van der Waals surface area contributed by atoms with Crippen molar-refractivity contribution in [2.45, 2.75) is 18.9 Å². The molecule has 1 aliphatic carbocycles. The van der Waals surface area contributed by atoms with E-state index < -0.39 is 16.8 Å². The minimum Gasteiger partial charge on any atom is -0.398 e. The number of H-pyrrole nitrogens is 1. The summed E-state index contributed by atoms with van der Waals surface area (Å²) in [7, 11) is 1.46. The van der Waals surface area contributed by atoms with Gasteiger partial charge < -0.3 is 19.6 Å². The summed E-state index contributed by atoms with van der Waals surface area (Å²) in [4.78, 5) is 32.4. The van der Waals surface area contributed by atoms with Crippen LogP contribution in [0.3, 0.4) is 0 Å². The first-order chi connectivity index (χ1) is 13.6. The summed E-state index contributed by atoms with van der Waals surface area (Å²) in [5, 5.41) is 7.39. The fourth-order valence-electron chi connectivity index (χ4n) is 3.81. The van der Waals surface area contributed by atoms with Crippen LogP contribution in [0.15, 0.2) is 26.9 Å². The smallest absolute Gasteiger partial charge is 0.271 e. The SMILES string of the molecule is CON=C1CN(c2cc3c(cc2F)c(=O)c2c(=O)[nH]sc2n3C2CC2)CCN1. The number of hydrogen-bond acceptors (Lipinski definition) is 6. The van der Waals surface area contributed by atoms with Crippen molar-refractivity contribution in [2.75, 3.05) is 31.6 Å². The lowest BCUT2D eigenvalue weighted by Crippen LogP contribution is -2.48. The van der Waals surface area contributed by atoms with E-state index in [-0.39, 0.29) is 16.8 Å². The lowest BCUT2D eigenvalue weighted by atomic mass is 10.1. The minimum atomic E-state index is -0.489. The molecule has 0 atom stereocenters. The Hall–Kier alpha value is -2.88. The third-order valence-corrected chi connectivity index (χ3v) is 6.08. The molecule has 3 aromatic rings. The Labute approximate surface area is 162 Å². The third kappa shape index (κ3) is 2.59. The number of aromatic nitrogens is 2. The maximum Gasteiger partial charge on any atom is 0.271 e. The van der Waals surface area contributed by atoms with Crippen LogP contribution in [0.2, 0.25) is 0 Å². The van der Waals surface area contributed by atoms with Crippen molar-refractivity contribution in [3.8, 4) is 0 Å². The van der Waals surface area contributed by atoms with Crippen LogP contribution >= 0.6 is 11.5 Å². The summed E-state index contributed by atoms with van der Waals surface area (Å²) in [6.07, 6.45) is 1.95. The highest BCUT2D eigenvalue weighted by molar-refractivity contribution is 7.12. The van der Waals surface area contributed by atoms with Crippen molar-refractivity contribution in [3.05, 3.63) is 38.5 Å². The molecule has 0 radical (unpaired) electrons. The number of benzene rings is 1. The van der Waals surface area contributed by atoms with Gasteiger partial charge in [0.15, 0.2) is 5.84 Å². The number of piperazine rings is 1. The third-order valence-electron chi connectivity index (χ3n) is 5.20. The molecule has 1 aromatic carbocycles. The average molecular weight is 403 g/mol. The van der Waals surface area contributed by atoms with E-state index in [1.807, 2.05) is 9.47 Å². The van der Waals surface area contributed by atoms with Gasteiger partial charge in [0.1, 0.15) is 23.1 Å². The second-order valence-corrected chi connectivity index (χ2v) is 7.83. The van der Waals surface area contributed by atoms with Gasteiger partial charge in [-0.05, 0) is 36.5 Å². The molecule has 0 spiro atoms. The van der Waals surface area contributed by atoms with E-state index in [1.54, 1.807) is 6.07 Å². The number of pyridine rings is 1. The van der Waals surface area contributed by atoms with Crippen molar-refractivity contribution >= 4 is 44.2 Å². The first-order valence-electron chi connectivity index (χ1n) is 9.06. The van der Waals surface area contributed by atoms with Crippen LogP contribution in [0.5, 0.6) is 0 Å². The van der Waals surface area contributed by atoms with Crippen LogP contribution < -0.4 is 21.2 Å². The van der Waals surface area contributed by atoms with Gasteiger partial charge in [-0.15, -0.1) is 0 Å². The van der Waals surface area contributed by atoms with E-state index >= 15 is 4.39 Å². The quantitative estimate of drug-likeness (QED) is 0.650. The number of fused-ring (bicyclic) bond motifs is 2. The molecule has 2 fully saturated rings. The molecule has 1 saturated heterocycles. The van der Waals surface area contributed by atoms with Crippen molar-refractivity contribution in [1.82, 2.24) is 14.3 Å². The van der Waals surface area contributed by atoms with Crippen molar-refractivity contribution < 1.29 is 9.23 Å². The summed E-state index contributed by atoms with van der Waals surface area (Å²) in [6.45, 7) is 1.58. The molecule has 0 amide bonds. The fourth-order valence-corrected chi connectivity index (χ4v) is 4.73. The van der Waals surface area contributed by atoms with E-state index in [0.29, 0.717) is 41.5 Å². The molecule has 1 aliphatic heterocycles. The van der Waals surface area contributed by atoms with Gasteiger partial charge in [-0.2, -0.15) is 0 Å². The highest BCUT2D eigenvalue weighted by Crippen LogP contribution is 2.40. The molecule has 8 nitrogen and oxygen atoms in total. The predicted molar refractivity (Wildman–Crippen MR) is 107 cm³/mol. The summed E-state index contributed by atoms with van der Waals surface area (Å²) in [5.74, 6) is 0.128. The highest BCUT2D eigenvalue weighted by Gasteiger charge is 2.30. The molecular weight excluding hydrogens is 385 g/mol. The van der Waals surface area contributed by atoms with Gasteiger partial charge in [0.25, 0.3) is 5.56 Å². The van der Waals surface area contributed by atoms with E-state index in [0.717, 1.165) is 24.4 Å². The Morgan fingerprint density at radius 1 is 1.32 bits per heavy atom. The second kappa shape index (κ2) is 6.33. The lowest BCUT2D eigenvalue weighted by molar-refractivity contribution is 0.211. The van der Waals surface area contributed by atoms with E-state index in [9.17, 15) is 9.59 Å². The standard InChI is InChI=1S/C18H18FN5O3S/c1-27-21-14-8-23(5-4-20-14)13-7-12-10(6-11(13)19)16(25)15-17(26)22-28-18(15)24(12)9-2-3-9/h6-7,9H,2-5,8H2,1H3,(H,20,21)(H,22,26). The number of rotatable bonds is 3. The summed E-state index contributed by atoms with van der Waals surface area (Å²) < 4.78 is 19.7. The Balaban J connectivity index is 1.75. The fraction of sp³-hybridized carbons (Fsp3) is 0.389. The van der Waals surface area contributed by atoms with E-state index in [4.69, 9.17) is 4.84 Å². The maximum absolute atomic E-state index is 15.0. The van der Waals surface area contributed by atoms with Crippen LogP contribution in [0.25, 0.3) is 21.1 Å². The van der Waals surface area contributed by atoms with E-state index in [1.165, 1.54) is 13.2 Å². The van der Waals surface area contributed by atoms with Gasteiger partial charge in [-0.25, -0.2) is 4.39 Å².